The lowest BCUT2D eigenvalue weighted by Crippen LogP contribution is -2.56. The van der Waals surface area contributed by atoms with E-state index in [0.29, 0.717) is 18.0 Å². The Morgan fingerprint density at radius 1 is 1.05 bits per heavy atom. The highest BCUT2D eigenvalue weighted by Crippen LogP contribution is 2.34. The number of H-pyrrole nitrogens is 1. The highest BCUT2D eigenvalue weighted by molar-refractivity contribution is 5.91. The van der Waals surface area contributed by atoms with Crippen LogP contribution in [-0.2, 0) is 4.79 Å². The summed E-state index contributed by atoms with van der Waals surface area (Å²) < 4.78 is 40.2. The number of amides is 1. The molecule has 0 saturated carbocycles. The van der Waals surface area contributed by atoms with E-state index in [1.807, 2.05) is 6.20 Å². The Bertz CT molecular complexity index is 1330. The monoisotopic (exact) mass is 527 g/mol. The number of halogens is 3. The number of rotatable bonds is 6. The summed E-state index contributed by atoms with van der Waals surface area (Å²) in [5.41, 5.74) is 1.13. The average molecular weight is 528 g/mol. The molecule has 0 bridgehead atoms. The molecule has 3 N–H and O–H groups in total. The molecule has 2 aliphatic rings. The highest BCUT2D eigenvalue weighted by Gasteiger charge is 2.40. The second-order valence-corrected chi connectivity index (χ2v) is 10.5. The molecule has 2 aromatic carbocycles. The Balaban J connectivity index is 1.10. The first kappa shape index (κ1) is 26.5. The lowest BCUT2D eigenvalue weighted by Gasteiger charge is -2.43. The number of nitrogens with zero attached hydrogens (tertiary/aromatic N) is 2. The molecule has 1 unspecified atom stereocenters. The fourth-order valence-electron chi connectivity index (χ4n) is 5.63. The van der Waals surface area contributed by atoms with Crippen molar-refractivity contribution in [2.75, 3.05) is 32.7 Å². The number of carbonyl (C=O) groups is 1. The van der Waals surface area contributed by atoms with E-state index in [4.69, 9.17) is 0 Å². The van der Waals surface area contributed by atoms with Gasteiger partial charge in [-0.1, -0.05) is 6.07 Å². The summed E-state index contributed by atoms with van der Waals surface area (Å²) in [6.45, 7) is 2.44. The van der Waals surface area contributed by atoms with Crippen LogP contribution in [0.4, 0.5) is 13.2 Å². The van der Waals surface area contributed by atoms with Crippen molar-refractivity contribution in [2.45, 2.75) is 43.3 Å². The topological polar surface area (TPSA) is 79.8 Å². The van der Waals surface area contributed by atoms with Gasteiger partial charge < -0.3 is 25.0 Å². The summed E-state index contributed by atoms with van der Waals surface area (Å²) in [6, 6.07) is 8.19. The third-order valence-corrected chi connectivity index (χ3v) is 8.06. The van der Waals surface area contributed by atoms with Crippen LogP contribution in [0.5, 0.6) is 0 Å². The SMILES string of the molecule is O=C(C=Cc1ccc(F)c(F)c1)N1CCC(O)(C(O)CN2CCC(c3c[nH]c4ccc(F)cc34)CC2)CC1. The molecule has 2 saturated heterocycles. The maximum atomic E-state index is 13.8. The first-order chi connectivity index (χ1) is 18.2. The molecule has 1 atom stereocenters. The lowest BCUT2D eigenvalue weighted by molar-refractivity contribution is -0.140. The maximum Gasteiger partial charge on any atom is 0.246 e. The summed E-state index contributed by atoms with van der Waals surface area (Å²) in [5, 5.41) is 23.0. The summed E-state index contributed by atoms with van der Waals surface area (Å²) in [4.78, 5) is 19.5. The molecule has 5 rings (SSSR count). The lowest BCUT2D eigenvalue weighted by atomic mass is 9.84. The third-order valence-electron chi connectivity index (χ3n) is 8.06. The molecule has 202 valence electrons. The number of aliphatic hydroxyl groups excluding tert-OH is 1. The molecule has 2 fully saturated rings. The molecule has 1 amide bonds. The number of aromatic amines is 1. The zero-order chi connectivity index (χ0) is 26.9. The van der Waals surface area contributed by atoms with Crippen LogP contribution in [0.2, 0.25) is 0 Å². The van der Waals surface area contributed by atoms with Crippen LogP contribution in [0.15, 0.2) is 48.7 Å². The van der Waals surface area contributed by atoms with Gasteiger partial charge in [0.25, 0.3) is 0 Å². The largest absolute Gasteiger partial charge is 0.389 e. The number of hydrogen-bond donors (Lipinski definition) is 3. The van der Waals surface area contributed by atoms with Crippen molar-refractivity contribution < 1.29 is 28.2 Å². The molecule has 2 aliphatic heterocycles. The van der Waals surface area contributed by atoms with E-state index >= 15 is 0 Å². The number of aromatic nitrogens is 1. The van der Waals surface area contributed by atoms with Crippen molar-refractivity contribution in [3.63, 3.8) is 0 Å². The Morgan fingerprint density at radius 3 is 2.50 bits per heavy atom. The van der Waals surface area contributed by atoms with Crippen molar-refractivity contribution in [1.29, 1.82) is 0 Å². The van der Waals surface area contributed by atoms with E-state index in [9.17, 15) is 28.2 Å². The Kier molecular flexibility index (Phi) is 7.61. The van der Waals surface area contributed by atoms with Crippen LogP contribution < -0.4 is 0 Å². The predicted molar refractivity (Wildman–Crippen MR) is 139 cm³/mol. The van der Waals surface area contributed by atoms with Gasteiger partial charge in [-0.3, -0.25) is 4.79 Å². The number of likely N-dealkylation sites (tertiary alicyclic amines) is 2. The van der Waals surface area contributed by atoms with Crippen LogP contribution in [0.1, 0.15) is 42.7 Å². The predicted octanol–water partition coefficient (Wildman–Crippen LogP) is 4.19. The number of hydrogen-bond acceptors (Lipinski definition) is 4. The van der Waals surface area contributed by atoms with E-state index in [0.717, 1.165) is 54.5 Å². The van der Waals surface area contributed by atoms with Gasteiger partial charge in [-0.05, 0) is 92.2 Å². The quantitative estimate of drug-likeness (QED) is 0.420. The molecule has 9 heteroatoms. The Hall–Kier alpha value is -3.14. The summed E-state index contributed by atoms with van der Waals surface area (Å²) >= 11 is 0. The van der Waals surface area contributed by atoms with E-state index in [-0.39, 0.29) is 37.7 Å². The minimum absolute atomic E-state index is 0.246. The second-order valence-electron chi connectivity index (χ2n) is 10.5. The van der Waals surface area contributed by atoms with Gasteiger partial charge in [-0.15, -0.1) is 0 Å². The van der Waals surface area contributed by atoms with Crippen LogP contribution in [0.25, 0.3) is 17.0 Å². The standard InChI is InChI=1S/C29H32F3N3O3/c30-21-3-5-26-22(16-21)23(17-33-26)20-7-11-34(12-8-20)18-27(36)29(38)9-13-35(14-10-29)28(37)6-2-19-1-4-24(31)25(32)15-19/h1-6,15-17,20,27,33,36,38H,7-14,18H2. The van der Waals surface area contributed by atoms with Crippen molar-refractivity contribution in [2.24, 2.45) is 0 Å². The highest BCUT2D eigenvalue weighted by atomic mass is 19.2. The van der Waals surface area contributed by atoms with Crippen LogP contribution in [-0.4, -0.2) is 75.3 Å². The molecular formula is C29H32F3N3O3. The van der Waals surface area contributed by atoms with Crippen molar-refractivity contribution in [3.8, 4) is 0 Å². The molecule has 3 aromatic rings. The van der Waals surface area contributed by atoms with Crippen molar-refractivity contribution in [1.82, 2.24) is 14.8 Å². The molecule has 1 aromatic heterocycles. The van der Waals surface area contributed by atoms with Crippen LogP contribution >= 0.6 is 0 Å². The summed E-state index contributed by atoms with van der Waals surface area (Å²) in [6.07, 6.45) is 5.99. The van der Waals surface area contributed by atoms with Gasteiger partial charge in [-0.25, -0.2) is 13.2 Å². The van der Waals surface area contributed by atoms with Crippen LogP contribution in [0.3, 0.4) is 0 Å². The molecule has 6 nitrogen and oxygen atoms in total. The molecule has 0 radical (unpaired) electrons. The molecule has 0 spiro atoms. The van der Waals surface area contributed by atoms with Gasteiger partial charge in [0.1, 0.15) is 5.82 Å². The fourth-order valence-corrected chi connectivity index (χ4v) is 5.63. The summed E-state index contributed by atoms with van der Waals surface area (Å²) in [5.74, 6) is -2.16. The number of nitrogens with one attached hydrogen (secondary N) is 1. The van der Waals surface area contributed by atoms with E-state index < -0.39 is 23.3 Å². The zero-order valence-electron chi connectivity index (χ0n) is 21.0. The van der Waals surface area contributed by atoms with Gasteiger partial charge in [0, 0.05) is 42.8 Å². The van der Waals surface area contributed by atoms with Gasteiger partial charge in [0.2, 0.25) is 5.91 Å². The van der Waals surface area contributed by atoms with Crippen molar-refractivity contribution >= 4 is 22.9 Å². The number of β-amino-alcohol motifs (C(OH)–C–C–N with tert-alkyl or cyclic N) is 1. The first-order valence-corrected chi connectivity index (χ1v) is 13.0. The number of aliphatic hydroxyl groups is 2. The Morgan fingerprint density at radius 2 is 1.79 bits per heavy atom. The molecule has 0 aliphatic carbocycles. The smallest absolute Gasteiger partial charge is 0.246 e. The number of carbonyl (C=O) groups excluding carboxylic acids is 1. The first-order valence-electron chi connectivity index (χ1n) is 13.0. The van der Waals surface area contributed by atoms with Gasteiger partial charge in [-0.2, -0.15) is 0 Å². The van der Waals surface area contributed by atoms with E-state index in [1.165, 1.54) is 24.3 Å². The zero-order valence-corrected chi connectivity index (χ0v) is 21.0. The van der Waals surface area contributed by atoms with E-state index in [2.05, 4.69) is 9.88 Å². The van der Waals surface area contributed by atoms with Gasteiger partial charge >= 0.3 is 0 Å². The number of benzene rings is 2. The minimum Gasteiger partial charge on any atom is -0.389 e. The van der Waals surface area contributed by atoms with Gasteiger partial charge in [0.05, 0.1) is 11.7 Å². The molecular weight excluding hydrogens is 495 g/mol. The normalized spacial score (nSPS) is 19.9. The van der Waals surface area contributed by atoms with Crippen molar-refractivity contribution in [3.05, 3.63) is 77.2 Å². The van der Waals surface area contributed by atoms with E-state index in [1.54, 1.807) is 17.0 Å². The molecule has 38 heavy (non-hydrogen) atoms. The third kappa shape index (κ3) is 5.65. The van der Waals surface area contributed by atoms with Gasteiger partial charge in [0.15, 0.2) is 11.6 Å². The second kappa shape index (κ2) is 10.9. The fraction of sp³-hybridized carbons (Fsp3) is 0.414. The Labute approximate surface area is 219 Å². The minimum atomic E-state index is -1.29. The number of piperidine rings is 2. The maximum absolute atomic E-state index is 13.8. The molecule has 3 heterocycles. The average Bonchev–Trinajstić information content (AvgIpc) is 3.33. The summed E-state index contributed by atoms with van der Waals surface area (Å²) in [7, 11) is 0. The van der Waals surface area contributed by atoms with Crippen LogP contribution in [0, 0.1) is 17.5 Å². The number of fused-ring (bicyclic) bond motifs is 1.